The van der Waals surface area contributed by atoms with E-state index in [4.69, 9.17) is 0 Å². The van der Waals surface area contributed by atoms with Gasteiger partial charge in [0.2, 0.25) is 0 Å². The molecule has 156 valence electrons. The van der Waals surface area contributed by atoms with E-state index in [0.717, 1.165) is 20.0 Å². The minimum Gasteiger partial charge on any atom is -0.271 e. The fraction of sp³-hybridized carbons (Fsp3) is 0.333. The van der Waals surface area contributed by atoms with Gasteiger partial charge in [0.05, 0.1) is 20.0 Å². The van der Waals surface area contributed by atoms with Crippen molar-refractivity contribution in [2.45, 2.75) is 38.9 Å². The average molecular weight is 400 g/mol. The van der Waals surface area contributed by atoms with Crippen LogP contribution in [0.15, 0.2) is 91.0 Å². The van der Waals surface area contributed by atoms with Crippen molar-refractivity contribution in [2.24, 2.45) is 0 Å². The van der Waals surface area contributed by atoms with Crippen molar-refractivity contribution in [3.05, 3.63) is 108 Å². The summed E-state index contributed by atoms with van der Waals surface area (Å²) in [6.45, 7) is 9.88. The Labute approximate surface area is 181 Å². The Morgan fingerprint density at radius 3 is 0.900 bits per heavy atom. The Kier molecular flexibility index (Phi) is 6.63. The molecule has 0 bridgehead atoms. The molecular weight excluding hydrogens is 366 g/mol. The molecule has 30 heavy (non-hydrogen) atoms. The van der Waals surface area contributed by atoms with Crippen molar-refractivity contribution in [2.75, 3.05) is 20.0 Å². The maximum absolute atomic E-state index is 2.59. The Hall–Kier alpha value is -2.46. The van der Waals surface area contributed by atoms with Crippen LogP contribution in [0.25, 0.3) is 0 Å². The lowest BCUT2D eigenvalue weighted by Gasteiger charge is -2.48. The third-order valence-corrected chi connectivity index (χ3v) is 6.58. The maximum Gasteiger partial charge on any atom is 0.0542 e. The zero-order valence-electron chi connectivity index (χ0n) is 18.4. The molecule has 0 radical (unpaired) electrons. The molecule has 0 aromatic heterocycles. The first-order chi connectivity index (χ1) is 14.6. The van der Waals surface area contributed by atoms with Crippen molar-refractivity contribution in [1.82, 2.24) is 14.7 Å². The topological polar surface area (TPSA) is 9.72 Å². The fourth-order valence-electron chi connectivity index (χ4n) is 4.40. The Morgan fingerprint density at radius 1 is 0.433 bits per heavy atom. The summed E-state index contributed by atoms with van der Waals surface area (Å²) in [6.07, 6.45) is 0. The highest BCUT2D eigenvalue weighted by Gasteiger charge is 2.32. The van der Waals surface area contributed by atoms with E-state index in [1.54, 1.807) is 0 Å². The molecule has 0 spiro atoms. The first-order valence-electron chi connectivity index (χ1n) is 11.0. The van der Waals surface area contributed by atoms with Gasteiger partial charge in [-0.3, -0.25) is 14.7 Å². The van der Waals surface area contributed by atoms with Crippen LogP contribution in [0.5, 0.6) is 0 Å². The molecule has 0 saturated carbocycles. The number of hydrogen-bond acceptors (Lipinski definition) is 3. The summed E-state index contributed by atoms with van der Waals surface area (Å²) in [4.78, 5) is 7.78. The standard InChI is InChI=1S/C27H33N3/c1-22(25-13-7-4-8-14-25)28-19-29(23(2)26-15-9-5-10-16-26)21-30(20-28)24(3)27-17-11-6-12-18-27/h4-18,22-24H,19-21H2,1-3H3. The van der Waals surface area contributed by atoms with Crippen molar-refractivity contribution in [1.29, 1.82) is 0 Å². The van der Waals surface area contributed by atoms with Crippen LogP contribution in [0.1, 0.15) is 55.6 Å². The summed E-state index contributed by atoms with van der Waals surface area (Å²) in [5, 5.41) is 0. The van der Waals surface area contributed by atoms with Gasteiger partial charge in [-0.1, -0.05) is 91.0 Å². The zero-order chi connectivity index (χ0) is 20.9. The summed E-state index contributed by atoms with van der Waals surface area (Å²) in [6, 6.07) is 33.7. The van der Waals surface area contributed by atoms with E-state index in [9.17, 15) is 0 Å². The van der Waals surface area contributed by atoms with Gasteiger partial charge in [-0.05, 0) is 37.5 Å². The van der Waals surface area contributed by atoms with Crippen LogP contribution < -0.4 is 0 Å². The lowest BCUT2D eigenvalue weighted by atomic mass is 10.0. The summed E-state index contributed by atoms with van der Waals surface area (Å²) < 4.78 is 0. The quantitative estimate of drug-likeness (QED) is 0.499. The molecule has 3 atom stereocenters. The number of rotatable bonds is 6. The van der Waals surface area contributed by atoms with Gasteiger partial charge in [-0.25, -0.2) is 0 Å². The van der Waals surface area contributed by atoms with Crippen molar-refractivity contribution < 1.29 is 0 Å². The monoisotopic (exact) mass is 399 g/mol. The van der Waals surface area contributed by atoms with E-state index >= 15 is 0 Å². The minimum atomic E-state index is 0.363. The van der Waals surface area contributed by atoms with Gasteiger partial charge in [0.25, 0.3) is 0 Å². The summed E-state index contributed by atoms with van der Waals surface area (Å²) in [7, 11) is 0. The van der Waals surface area contributed by atoms with Gasteiger partial charge < -0.3 is 0 Å². The highest BCUT2D eigenvalue weighted by molar-refractivity contribution is 5.21. The largest absolute Gasteiger partial charge is 0.271 e. The molecule has 4 rings (SSSR count). The predicted molar refractivity (Wildman–Crippen MR) is 125 cm³/mol. The van der Waals surface area contributed by atoms with Crippen LogP contribution in [0.4, 0.5) is 0 Å². The van der Waals surface area contributed by atoms with E-state index in [0.29, 0.717) is 18.1 Å². The first kappa shape index (κ1) is 20.8. The minimum absolute atomic E-state index is 0.363. The second kappa shape index (κ2) is 9.57. The molecule has 1 aliphatic heterocycles. The molecule has 3 heteroatoms. The lowest BCUT2D eigenvalue weighted by molar-refractivity contribution is -0.0804. The molecule has 0 aliphatic carbocycles. The maximum atomic E-state index is 2.59. The molecular formula is C27H33N3. The second-order valence-electron chi connectivity index (χ2n) is 8.45. The van der Waals surface area contributed by atoms with Crippen LogP contribution >= 0.6 is 0 Å². The van der Waals surface area contributed by atoms with Gasteiger partial charge in [0.15, 0.2) is 0 Å². The lowest BCUT2D eigenvalue weighted by Crippen LogP contribution is -2.56. The highest BCUT2D eigenvalue weighted by atomic mass is 15.5. The number of nitrogens with zero attached hydrogens (tertiary/aromatic N) is 3. The SMILES string of the molecule is CC(c1ccccc1)N1CN(C(C)c2ccccc2)CN(C(C)c2ccccc2)C1. The summed E-state index contributed by atoms with van der Waals surface area (Å²) >= 11 is 0. The summed E-state index contributed by atoms with van der Waals surface area (Å²) in [5.41, 5.74) is 4.12. The second-order valence-corrected chi connectivity index (χ2v) is 8.45. The normalized spacial score (nSPS) is 19.3. The molecule has 1 fully saturated rings. The van der Waals surface area contributed by atoms with Crippen LogP contribution in [-0.4, -0.2) is 34.7 Å². The molecule has 1 heterocycles. The van der Waals surface area contributed by atoms with Crippen LogP contribution in [0, 0.1) is 0 Å². The molecule has 0 amide bonds. The molecule has 3 aromatic rings. The highest BCUT2D eigenvalue weighted by Crippen LogP contribution is 2.32. The third-order valence-electron chi connectivity index (χ3n) is 6.58. The van der Waals surface area contributed by atoms with Crippen molar-refractivity contribution in [3.63, 3.8) is 0 Å². The number of hydrogen-bond donors (Lipinski definition) is 0. The Morgan fingerprint density at radius 2 is 0.667 bits per heavy atom. The van der Waals surface area contributed by atoms with Gasteiger partial charge in [0, 0.05) is 18.1 Å². The van der Waals surface area contributed by atoms with Crippen molar-refractivity contribution >= 4 is 0 Å². The first-order valence-corrected chi connectivity index (χ1v) is 11.0. The van der Waals surface area contributed by atoms with Gasteiger partial charge in [-0.15, -0.1) is 0 Å². The predicted octanol–water partition coefficient (Wildman–Crippen LogP) is 6.06. The van der Waals surface area contributed by atoms with Crippen LogP contribution in [-0.2, 0) is 0 Å². The number of benzene rings is 3. The van der Waals surface area contributed by atoms with E-state index in [1.165, 1.54) is 16.7 Å². The molecule has 1 saturated heterocycles. The Balaban J connectivity index is 1.60. The fourth-order valence-corrected chi connectivity index (χ4v) is 4.40. The van der Waals surface area contributed by atoms with E-state index in [-0.39, 0.29) is 0 Å². The zero-order valence-corrected chi connectivity index (χ0v) is 18.4. The summed E-state index contributed by atoms with van der Waals surface area (Å²) in [5.74, 6) is 0. The molecule has 3 aromatic carbocycles. The van der Waals surface area contributed by atoms with Crippen molar-refractivity contribution in [3.8, 4) is 0 Å². The van der Waals surface area contributed by atoms with Gasteiger partial charge in [0.1, 0.15) is 0 Å². The average Bonchev–Trinajstić information content (AvgIpc) is 2.84. The molecule has 3 unspecified atom stereocenters. The van der Waals surface area contributed by atoms with Crippen LogP contribution in [0.3, 0.4) is 0 Å². The smallest absolute Gasteiger partial charge is 0.0542 e. The van der Waals surface area contributed by atoms with Gasteiger partial charge in [-0.2, -0.15) is 0 Å². The van der Waals surface area contributed by atoms with E-state index in [2.05, 4.69) is 126 Å². The molecule has 0 N–H and O–H groups in total. The van der Waals surface area contributed by atoms with Crippen LogP contribution in [0.2, 0.25) is 0 Å². The van der Waals surface area contributed by atoms with E-state index in [1.807, 2.05) is 0 Å². The van der Waals surface area contributed by atoms with E-state index < -0.39 is 0 Å². The molecule has 1 aliphatic rings. The Bertz CT molecular complexity index is 769. The molecule has 3 nitrogen and oxygen atoms in total. The van der Waals surface area contributed by atoms with Gasteiger partial charge >= 0.3 is 0 Å². The third kappa shape index (κ3) is 4.65.